The van der Waals surface area contributed by atoms with Gasteiger partial charge < -0.3 is 19.7 Å². The van der Waals surface area contributed by atoms with Gasteiger partial charge in [-0.05, 0) is 60.1 Å². The molecule has 2 amide bonds. The molecule has 0 fully saturated rings. The van der Waals surface area contributed by atoms with E-state index in [1.54, 1.807) is 47.6 Å². The summed E-state index contributed by atoms with van der Waals surface area (Å²) in [5.41, 5.74) is -0.866. The van der Waals surface area contributed by atoms with E-state index in [2.05, 4.69) is 4.98 Å². The maximum absolute atomic E-state index is 12.6. The number of ether oxygens (including phenoxy) is 2. The Kier molecular flexibility index (Phi) is 7.33. The predicted octanol–water partition coefficient (Wildman–Crippen LogP) is 3.17. The number of carbonyl (C=O) groups is 2. The molecule has 2 N–H and O–H groups in total. The van der Waals surface area contributed by atoms with Gasteiger partial charge in [-0.1, -0.05) is 0 Å². The number of carbonyl (C=O) groups excluding carboxylic acids is 2. The molecule has 0 aliphatic carbocycles. The summed E-state index contributed by atoms with van der Waals surface area (Å²) in [5, 5.41) is 19.9. The van der Waals surface area contributed by atoms with Gasteiger partial charge in [0.2, 0.25) is 0 Å². The number of aliphatic hydroxyl groups is 2. The van der Waals surface area contributed by atoms with Gasteiger partial charge in [-0.2, -0.15) is 0 Å². The standard InChI is InChI=1S/C19H30N2O6/c1-12(22)15(23)14-10-20-9-8-13(14)11-21(16(24)26-18(2,3)4)17(25)27-19(5,6)7/h8-10,12,15,22-23H,11H2,1-7H3/t12-,15+/m1/s1. The molecule has 27 heavy (non-hydrogen) atoms. The molecule has 0 spiro atoms. The zero-order chi connectivity index (χ0) is 21.0. The van der Waals surface area contributed by atoms with Crippen molar-refractivity contribution in [1.82, 2.24) is 9.88 Å². The predicted molar refractivity (Wildman–Crippen MR) is 98.9 cm³/mol. The molecule has 1 heterocycles. The zero-order valence-corrected chi connectivity index (χ0v) is 17.0. The number of pyridine rings is 1. The maximum Gasteiger partial charge on any atom is 0.420 e. The van der Waals surface area contributed by atoms with Gasteiger partial charge >= 0.3 is 12.2 Å². The number of imide groups is 1. The fraction of sp³-hybridized carbons (Fsp3) is 0.632. The minimum Gasteiger partial charge on any atom is -0.443 e. The molecule has 0 saturated carbocycles. The topological polar surface area (TPSA) is 109 Å². The van der Waals surface area contributed by atoms with Crippen LogP contribution in [0.5, 0.6) is 0 Å². The Hall–Kier alpha value is -2.19. The second kappa shape index (κ2) is 8.67. The van der Waals surface area contributed by atoms with Crippen LogP contribution in [0.25, 0.3) is 0 Å². The Bertz CT molecular complexity index is 633. The summed E-state index contributed by atoms with van der Waals surface area (Å²) >= 11 is 0. The lowest BCUT2D eigenvalue weighted by molar-refractivity contribution is -0.000898. The third kappa shape index (κ3) is 7.52. The Morgan fingerprint density at radius 3 is 1.96 bits per heavy atom. The van der Waals surface area contributed by atoms with Crippen LogP contribution in [0.4, 0.5) is 9.59 Å². The molecule has 0 aromatic carbocycles. The highest BCUT2D eigenvalue weighted by Crippen LogP contribution is 2.23. The summed E-state index contributed by atoms with van der Waals surface area (Å²) in [6.07, 6.45) is -1.15. The molecule has 2 atom stereocenters. The third-order valence-electron chi connectivity index (χ3n) is 3.28. The van der Waals surface area contributed by atoms with Crippen LogP contribution >= 0.6 is 0 Å². The first-order valence-corrected chi connectivity index (χ1v) is 8.73. The molecular formula is C19H30N2O6. The van der Waals surface area contributed by atoms with Crippen molar-refractivity contribution in [2.24, 2.45) is 0 Å². The van der Waals surface area contributed by atoms with Crippen LogP contribution in [0.2, 0.25) is 0 Å². The van der Waals surface area contributed by atoms with Crippen LogP contribution in [-0.4, -0.2) is 49.6 Å². The highest BCUT2D eigenvalue weighted by atomic mass is 16.6. The molecule has 0 aliphatic heterocycles. The molecule has 152 valence electrons. The maximum atomic E-state index is 12.6. The second-order valence-corrected chi connectivity index (χ2v) is 8.31. The molecule has 0 saturated heterocycles. The summed E-state index contributed by atoms with van der Waals surface area (Å²) < 4.78 is 10.6. The van der Waals surface area contributed by atoms with Gasteiger partial charge in [0, 0.05) is 18.0 Å². The van der Waals surface area contributed by atoms with Crippen molar-refractivity contribution in [2.75, 3.05) is 0 Å². The first-order valence-electron chi connectivity index (χ1n) is 8.73. The smallest absolute Gasteiger partial charge is 0.420 e. The number of amides is 2. The number of aromatic nitrogens is 1. The Labute approximate surface area is 160 Å². The number of rotatable bonds is 4. The minimum atomic E-state index is -1.21. The van der Waals surface area contributed by atoms with E-state index in [0.29, 0.717) is 11.1 Å². The highest BCUT2D eigenvalue weighted by Gasteiger charge is 2.32. The lowest BCUT2D eigenvalue weighted by atomic mass is 10.0. The van der Waals surface area contributed by atoms with Crippen LogP contribution in [0.1, 0.15) is 65.7 Å². The molecule has 1 aromatic heterocycles. The van der Waals surface area contributed by atoms with Gasteiger partial charge in [-0.25, -0.2) is 14.5 Å². The van der Waals surface area contributed by atoms with Crippen LogP contribution in [0.15, 0.2) is 18.5 Å². The van der Waals surface area contributed by atoms with Gasteiger partial charge in [0.15, 0.2) is 0 Å². The molecule has 0 aliphatic rings. The van der Waals surface area contributed by atoms with E-state index in [1.807, 2.05) is 0 Å². The molecule has 1 rings (SSSR count). The van der Waals surface area contributed by atoms with E-state index in [4.69, 9.17) is 9.47 Å². The third-order valence-corrected chi connectivity index (χ3v) is 3.28. The van der Waals surface area contributed by atoms with Gasteiger partial charge in [0.05, 0.1) is 12.6 Å². The monoisotopic (exact) mass is 382 g/mol. The van der Waals surface area contributed by atoms with E-state index in [-0.39, 0.29) is 6.54 Å². The van der Waals surface area contributed by atoms with Crippen molar-refractivity contribution in [1.29, 1.82) is 0 Å². The molecule has 0 unspecified atom stereocenters. The van der Waals surface area contributed by atoms with Gasteiger partial charge in [-0.3, -0.25) is 4.98 Å². The summed E-state index contributed by atoms with van der Waals surface area (Å²) in [5.74, 6) is 0. The number of hydrogen-bond donors (Lipinski definition) is 2. The minimum absolute atomic E-state index is 0.203. The normalized spacial score (nSPS) is 14.3. The first-order chi connectivity index (χ1) is 12.2. The summed E-state index contributed by atoms with van der Waals surface area (Å²) in [4.78, 5) is 29.9. The number of nitrogens with zero attached hydrogens (tertiary/aromatic N) is 2. The second-order valence-electron chi connectivity index (χ2n) is 8.31. The van der Waals surface area contributed by atoms with Crippen molar-refractivity contribution in [3.8, 4) is 0 Å². The molecule has 8 nitrogen and oxygen atoms in total. The van der Waals surface area contributed by atoms with Crippen LogP contribution in [0.3, 0.4) is 0 Å². The molecule has 1 aromatic rings. The number of aliphatic hydroxyl groups excluding tert-OH is 2. The average molecular weight is 382 g/mol. The molecule has 0 radical (unpaired) electrons. The van der Waals surface area contributed by atoms with E-state index in [0.717, 1.165) is 4.90 Å². The lowest BCUT2D eigenvalue weighted by Gasteiger charge is -2.29. The SMILES string of the molecule is C[C@@H](O)[C@H](O)c1cnccc1CN(C(=O)OC(C)(C)C)C(=O)OC(C)(C)C. The van der Waals surface area contributed by atoms with Crippen molar-refractivity contribution >= 4 is 12.2 Å². The van der Waals surface area contributed by atoms with Gasteiger partial charge in [0.1, 0.15) is 17.3 Å². The zero-order valence-electron chi connectivity index (χ0n) is 17.0. The van der Waals surface area contributed by atoms with E-state index in [9.17, 15) is 19.8 Å². The molecule has 8 heteroatoms. The Balaban J connectivity index is 3.22. The Morgan fingerprint density at radius 1 is 1.07 bits per heavy atom. The molecule has 0 bridgehead atoms. The fourth-order valence-electron chi connectivity index (χ4n) is 2.11. The lowest BCUT2D eigenvalue weighted by Crippen LogP contribution is -2.43. The van der Waals surface area contributed by atoms with Crippen LogP contribution < -0.4 is 0 Å². The van der Waals surface area contributed by atoms with Gasteiger partial charge in [-0.15, -0.1) is 0 Å². The van der Waals surface area contributed by atoms with E-state index in [1.165, 1.54) is 19.3 Å². The van der Waals surface area contributed by atoms with Crippen molar-refractivity contribution in [3.05, 3.63) is 29.6 Å². The van der Waals surface area contributed by atoms with Crippen molar-refractivity contribution in [3.63, 3.8) is 0 Å². The fourth-order valence-corrected chi connectivity index (χ4v) is 2.11. The summed E-state index contributed by atoms with van der Waals surface area (Å²) in [7, 11) is 0. The number of hydrogen-bond acceptors (Lipinski definition) is 7. The first kappa shape index (κ1) is 22.9. The summed E-state index contributed by atoms with van der Waals surface area (Å²) in [6, 6.07) is 1.56. The largest absolute Gasteiger partial charge is 0.443 e. The molecular weight excluding hydrogens is 352 g/mol. The van der Waals surface area contributed by atoms with Crippen molar-refractivity contribution < 1.29 is 29.3 Å². The van der Waals surface area contributed by atoms with E-state index < -0.39 is 35.6 Å². The average Bonchev–Trinajstić information content (AvgIpc) is 2.48. The van der Waals surface area contributed by atoms with Crippen LogP contribution in [-0.2, 0) is 16.0 Å². The van der Waals surface area contributed by atoms with Crippen molar-refractivity contribution in [2.45, 2.75) is 78.4 Å². The quantitative estimate of drug-likeness (QED) is 0.823. The van der Waals surface area contributed by atoms with E-state index >= 15 is 0 Å². The highest BCUT2D eigenvalue weighted by molar-refractivity contribution is 5.88. The Morgan fingerprint density at radius 2 is 1.56 bits per heavy atom. The summed E-state index contributed by atoms with van der Waals surface area (Å²) in [6.45, 7) is 11.4. The van der Waals surface area contributed by atoms with Gasteiger partial charge in [0.25, 0.3) is 0 Å². The van der Waals surface area contributed by atoms with Crippen LogP contribution in [0, 0.1) is 0 Å².